The number of carbonyl (C=O) groups is 1. The summed E-state index contributed by atoms with van der Waals surface area (Å²) in [6.07, 6.45) is 0. The molecular weight excluding hydrogens is 284 g/mol. The number of anilines is 1. The normalized spacial score (nSPS) is 12.2. The molecule has 0 bridgehead atoms. The topological polar surface area (TPSA) is 41.6 Å². The molecule has 1 aromatic heterocycles. The number of methoxy groups -OCH3 is 1. The van der Waals surface area contributed by atoms with Crippen molar-refractivity contribution in [1.82, 2.24) is 4.90 Å². The number of nitrogens with zero attached hydrogens (tertiary/aromatic N) is 1. The summed E-state index contributed by atoms with van der Waals surface area (Å²) >= 11 is 1.67. The number of rotatable bonds is 6. The first-order valence-corrected chi connectivity index (χ1v) is 7.71. The zero-order chi connectivity index (χ0) is 15.2. The van der Waals surface area contributed by atoms with Crippen molar-refractivity contribution in [1.29, 1.82) is 0 Å². The van der Waals surface area contributed by atoms with Gasteiger partial charge in [-0.25, -0.2) is 0 Å². The number of carbonyl (C=O) groups excluding carboxylic acids is 1. The average Bonchev–Trinajstić information content (AvgIpc) is 2.99. The molecule has 2 rings (SSSR count). The predicted octanol–water partition coefficient (Wildman–Crippen LogP) is 3.22. The maximum absolute atomic E-state index is 12.3. The van der Waals surface area contributed by atoms with E-state index in [9.17, 15) is 4.79 Å². The van der Waals surface area contributed by atoms with Crippen LogP contribution in [0.2, 0.25) is 0 Å². The molecule has 1 aromatic carbocycles. The Morgan fingerprint density at radius 1 is 1.38 bits per heavy atom. The van der Waals surface area contributed by atoms with Gasteiger partial charge in [0, 0.05) is 6.54 Å². The van der Waals surface area contributed by atoms with Gasteiger partial charge in [-0.3, -0.25) is 9.69 Å². The van der Waals surface area contributed by atoms with E-state index in [-0.39, 0.29) is 11.9 Å². The lowest BCUT2D eigenvalue weighted by atomic mass is 10.2. The van der Waals surface area contributed by atoms with E-state index >= 15 is 0 Å². The summed E-state index contributed by atoms with van der Waals surface area (Å²) in [7, 11) is 3.54. The molecule has 21 heavy (non-hydrogen) atoms. The Labute approximate surface area is 129 Å². The molecule has 0 saturated carbocycles. The van der Waals surface area contributed by atoms with Crippen LogP contribution < -0.4 is 10.1 Å². The largest absolute Gasteiger partial charge is 0.495 e. The van der Waals surface area contributed by atoms with Crippen LogP contribution in [-0.4, -0.2) is 31.0 Å². The first-order chi connectivity index (χ1) is 10.1. The van der Waals surface area contributed by atoms with Crippen LogP contribution in [0.15, 0.2) is 41.1 Å². The highest BCUT2D eigenvalue weighted by molar-refractivity contribution is 7.07. The highest BCUT2D eigenvalue weighted by Gasteiger charge is 2.19. The van der Waals surface area contributed by atoms with Gasteiger partial charge in [0.25, 0.3) is 0 Å². The number of likely N-dealkylation sites (N-methyl/N-ethyl adjacent to an activating group) is 1. The van der Waals surface area contributed by atoms with Gasteiger partial charge in [0.05, 0.1) is 18.8 Å². The molecule has 0 fully saturated rings. The molecule has 1 unspecified atom stereocenters. The Hall–Kier alpha value is -1.85. The highest BCUT2D eigenvalue weighted by Crippen LogP contribution is 2.23. The van der Waals surface area contributed by atoms with Gasteiger partial charge in [0.15, 0.2) is 0 Å². The molecular formula is C16H20N2O2S. The molecule has 1 amide bonds. The summed E-state index contributed by atoms with van der Waals surface area (Å²) in [5.74, 6) is 0.621. The van der Waals surface area contributed by atoms with E-state index in [4.69, 9.17) is 4.74 Å². The second kappa shape index (κ2) is 7.24. The Kier molecular flexibility index (Phi) is 5.36. The number of nitrogens with one attached hydrogen (secondary N) is 1. The second-order valence-electron chi connectivity index (χ2n) is 4.91. The van der Waals surface area contributed by atoms with Gasteiger partial charge in [-0.2, -0.15) is 11.3 Å². The smallest absolute Gasteiger partial charge is 0.241 e. The first kappa shape index (κ1) is 15.5. The fraction of sp³-hybridized carbons (Fsp3) is 0.312. The Bertz CT molecular complexity index is 584. The van der Waals surface area contributed by atoms with Crippen molar-refractivity contribution < 1.29 is 9.53 Å². The molecule has 112 valence electrons. The van der Waals surface area contributed by atoms with Crippen molar-refractivity contribution in [2.24, 2.45) is 0 Å². The Balaban J connectivity index is 1.98. The lowest BCUT2D eigenvalue weighted by molar-refractivity contribution is -0.120. The van der Waals surface area contributed by atoms with Gasteiger partial charge in [-0.05, 0) is 48.5 Å². The van der Waals surface area contributed by atoms with Crippen molar-refractivity contribution in [3.63, 3.8) is 0 Å². The van der Waals surface area contributed by atoms with Crippen LogP contribution in [0.25, 0.3) is 0 Å². The molecule has 1 N–H and O–H groups in total. The van der Waals surface area contributed by atoms with Crippen LogP contribution in [-0.2, 0) is 11.3 Å². The molecule has 0 radical (unpaired) electrons. The minimum absolute atomic E-state index is 0.0442. The molecule has 0 aliphatic heterocycles. The van der Waals surface area contributed by atoms with E-state index in [1.807, 2.05) is 48.5 Å². The van der Waals surface area contributed by atoms with Crippen LogP contribution in [0, 0.1) is 0 Å². The number of benzene rings is 1. The summed E-state index contributed by atoms with van der Waals surface area (Å²) in [6.45, 7) is 2.65. The number of para-hydroxylation sites is 2. The number of ether oxygens (including phenoxy) is 1. The van der Waals surface area contributed by atoms with Crippen LogP contribution in [0.1, 0.15) is 12.5 Å². The molecule has 4 nitrogen and oxygen atoms in total. The second-order valence-corrected chi connectivity index (χ2v) is 5.69. The van der Waals surface area contributed by atoms with Crippen LogP contribution >= 0.6 is 11.3 Å². The standard InChI is InChI=1S/C16H20N2O2S/c1-12(18(2)10-13-8-9-21-11-13)16(19)17-14-6-4-5-7-15(14)20-3/h4-9,11-12H,10H2,1-3H3,(H,17,19). The quantitative estimate of drug-likeness (QED) is 0.891. The van der Waals surface area contributed by atoms with Gasteiger partial charge in [0.1, 0.15) is 5.75 Å². The van der Waals surface area contributed by atoms with E-state index in [2.05, 4.69) is 16.8 Å². The van der Waals surface area contributed by atoms with Gasteiger partial charge in [-0.15, -0.1) is 0 Å². The number of hydrogen-bond donors (Lipinski definition) is 1. The summed E-state index contributed by atoms with van der Waals surface area (Å²) < 4.78 is 5.24. The monoisotopic (exact) mass is 304 g/mol. The fourth-order valence-electron chi connectivity index (χ4n) is 1.99. The summed E-state index contributed by atoms with van der Waals surface area (Å²) in [5, 5.41) is 7.06. The molecule has 0 aliphatic rings. The average molecular weight is 304 g/mol. The zero-order valence-electron chi connectivity index (χ0n) is 12.5. The van der Waals surface area contributed by atoms with E-state index in [1.165, 1.54) is 5.56 Å². The first-order valence-electron chi connectivity index (χ1n) is 6.77. The van der Waals surface area contributed by atoms with E-state index in [1.54, 1.807) is 18.4 Å². The summed E-state index contributed by atoms with van der Waals surface area (Å²) in [6, 6.07) is 9.26. The third-order valence-electron chi connectivity index (χ3n) is 3.42. The van der Waals surface area contributed by atoms with Gasteiger partial charge >= 0.3 is 0 Å². The lowest BCUT2D eigenvalue weighted by Crippen LogP contribution is -2.39. The molecule has 1 atom stereocenters. The maximum atomic E-state index is 12.3. The van der Waals surface area contributed by atoms with Crippen molar-refractivity contribution in [2.45, 2.75) is 19.5 Å². The van der Waals surface area contributed by atoms with Crippen LogP contribution in [0.4, 0.5) is 5.69 Å². The van der Waals surface area contributed by atoms with Crippen molar-refractivity contribution in [2.75, 3.05) is 19.5 Å². The third kappa shape index (κ3) is 4.06. The highest BCUT2D eigenvalue weighted by atomic mass is 32.1. The third-order valence-corrected chi connectivity index (χ3v) is 4.15. The summed E-state index contributed by atoms with van der Waals surface area (Å²) in [5.41, 5.74) is 1.92. The van der Waals surface area contributed by atoms with Crippen molar-refractivity contribution in [3.05, 3.63) is 46.7 Å². The maximum Gasteiger partial charge on any atom is 0.241 e. The van der Waals surface area contributed by atoms with Crippen LogP contribution in [0.3, 0.4) is 0 Å². The Morgan fingerprint density at radius 2 is 2.14 bits per heavy atom. The van der Waals surface area contributed by atoms with E-state index in [0.717, 1.165) is 6.54 Å². The van der Waals surface area contributed by atoms with Gasteiger partial charge < -0.3 is 10.1 Å². The molecule has 1 heterocycles. The number of thiophene rings is 1. The Morgan fingerprint density at radius 3 is 2.81 bits per heavy atom. The number of hydrogen-bond acceptors (Lipinski definition) is 4. The molecule has 0 saturated heterocycles. The van der Waals surface area contributed by atoms with Crippen molar-refractivity contribution >= 4 is 22.9 Å². The number of amides is 1. The minimum Gasteiger partial charge on any atom is -0.495 e. The SMILES string of the molecule is COc1ccccc1NC(=O)C(C)N(C)Cc1ccsc1. The van der Waals surface area contributed by atoms with Gasteiger partial charge in [0.2, 0.25) is 5.91 Å². The molecule has 5 heteroatoms. The molecule has 0 spiro atoms. The van der Waals surface area contributed by atoms with E-state index < -0.39 is 0 Å². The zero-order valence-corrected chi connectivity index (χ0v) is 13.3. The predicted molar refractivity (Wildman–Crippen MR) is 86.9 cm³/mol. The molecule has 2 aromatic rings. The van der Waals surface area contributed by atoms with Crippen molar-refractivity contribution in [3.8, 4) is 5.75 Å². The minimum atomic E-state index is -0.227. The van der Waals surface area contributed by atoms with Crippen LogP contribution in [0.5, 0.6) is 5.75 Å². The van der Waals surface area contributed by atoms with Gasteiger partial charge in [-0.1, -0.05) is 12.1 Å². The fourth-order valence-corrected chi connectivity index (χ4v) is 2.65. The van der Waals surface area contributed by atoms with E-state index in [0.29, 0.717) is 11.4 Å². The summed E-state index contributed by atoms with van der Waals surface area (Å²) in [4.78, 5) is 14.4. The molecule has 0 aliphatic carbocycles. The lowest BCUT2D eigenvalue weighted by Gasteiger charge is -2.23.